The fourth-order valence-electron chi connectivity index (χ4n) is 4.03. The van der Waals surface area contributed by atoms with Gasteiger partial charge in [0, 0.05) is 30.7 Å². The lowest BCUT2D eigenvalue weighted by molar-refractivity contribution is -0.274. The van der Waals surface area contributed by atoms with Crippen molar-refractivity contribution in [2.75, 3.05) is 6.61 Å². The zero-order chi connectivity index (χ0) is 21.3. The molecule has 2 aliphatic rings. The summed E-state index contributed by atoms with van der Waals surface area (Å²) in [5.74, 6) is 0.0584. The predicted octanol–water partition coefficient (Wildman–Crippen LogP) is 3.91. The lowest BCUT2D eigenvalue weighted by Gasteiger charge is -2.46. The van der Waals surface area contributed by atoms with Crippen molar-refractivity contribution in [2.45, 2.75) is 37.8 Å². The van der Waals surface area contributed by atoms with E-state index in [-0.39, 0.29) is 24.6 Å². The molecule has 160 valence electrons. The number of alkyl halides is 3. The minimum atomic E-state index is -4.73. The van der Waals surface area contributed by atoms with Crippen LogP contribution in [-0.4, -0.2) is 45.0 Å². The zero-order valence-corrected chi connectivity index (χ0v) is 16.5. The molecule has 1 aliphatic carbocycles. The van der Waals surface area contributed by atoms with Crippen LogP contribution in [0.25, 0.3) is 5.70 Å². The molecule has 30 heavy (non-hydrogen) atoms. The van der Waals surface area contributed by atoms with E-state index in [9.17, 15) is 18.3 Å². The van der Waals surface area contributed by atoms with Crippen LogP contribution in [0.2, 0.25) is 0 Å². The molecule has 6 nitrogen and oxygen atoms in total. The maximum Gasteiger partial charge on any atom is 0.573 e. The molecule has 1 fully saturated rings. The van der Waals surface area contributed by atoms with Crippen LogP contribution in [0.15, 0.2) is 47.7 Å². The smallest absolute Gasteiger partial charge is 0.406 e. The largest absolute Gasteiger partial charge is 0.573 e. The Morgan fingerprint density at radius 3 is 2.50 bits per heavy atom. The number of halogens is 3. The normalized spacial score (nSPS) is 20.6. The van der Waals surface area contributed by atoms with Crippen molar-refractivity contribution in [1.82, 2.24) is 14.7 Å². The first kappa shape index (κ1) is 20.5. The number of allylic oxidation sites excluding steroid dienone is 1. The number of nitrogens with zero attached hydrogens (tertiary/aromatic N) is 4. The van der Waals surface area contributed by atoms with E-state index in [1.807, 2.05) is 19.3 Å². The predicted molar refractivity (Wildman–Crippen MR) is 106 cm³/mol. The van der Waals surface area contributed by atoms with Crippen molar-refractivity contribution >= 4 is 11.9 Å². The molecule has 1 aromatic heterocycles. The van der Waals surface area contributed by atoms with Gasteiger partial charge in [-0.15, -0.1) is 13.2 Å². The van der Waals surface area contributed by atoms with Crippen LogP contribution in [-0.2, 0) is 7.05 Å². The van der Waals surface area contributed by atoms with Crippen LogP contribution in [0.1, 0.15) is 36.6 Å². The van der Waals surface area contributed by atoms with Gasteiger partial charge in [0.25, 0.3) is 0 Å². The number of aliphatic hydroxyl groups is 1. The zero-order valence-electron chi connectivity index (χ0n) is 16.5. The molecule has 1 saturated carbocycles. The fraction of sp³-hybridized carbons (Fsp3) is 0.429. The highest BCUT2D eigenvalue weighted by atomic mass is 19.4. The first-order valence-electron chi connectivity index (χ1n) is 9.83. The Morgan fingerprint density at radius 1 is 1.23 bits per heavy atom. The summed E-state index contributed by atoms with van der Waals surface area (Å²) in [6, 6.07) is 5.62. The second kappa shape index (κ2) is 8.14. The van der Waals surface area contributed by atoms with Gasteiger partial charge in [0.2, 0.25) is 0 Å². The first-order chi connectivity index (χ1) is 14.4. The first-order valence-corrected chi connectivity index (χ1v) is 9.83. The number of ether oxygens (including phenoxy) is 1. The number of aryl methyl sites for hydroxylation is 1. The molecule has 2 unspecified atom stereocenters. The average molecular weight is 420 g/mol. The van der Waals surface area contributed by atoms with Gasteiger partial charge >= 0.3 is 6.36 Å². The van der Waals surface area contributed by atoms with E-state index in [2.05, 4.69) is 19.7 Å². The molecule has 1 N–H and O–H groups in total. The summed E-state index contributed by atoms with van der Waals surface area (Å²) >= 11 is 0. The molecule has 2 aromatic rings. The summed E-state index contributed by atoms with van der Waals surface area (Å²) in [6.07, 6.45) is 5.21. The van der Waals surface area contributed by atoms with Crippen LogP contribution in [0.3, 0.4) is 0 Å². The number of rotatable bonds is 6. The van der Waals surface area contributed by atoms with E-state index in [0.717, 1.165) is 36.1 Å². The van der Waals surface area contributed by atoms with E-state index < -0.39 is 6.36 Å². The SMILES string of the molecule is Cn1cc(C2N=CC=C(c3ccc(OC(F)(F)F)cc3)N2C(CO)C2CCC2)cn1. The van der Waals surface area contributed by atoms with Gasteiger partial charge < -0.3 is 14.7 Å². The Morgan fingerprint density at radius 2 is 1.97 bits per heavy atom. The molecular weight excluding hydrogens is 397 g/mol. The third-order valence-electron chi connectivity index (χ3n) is 5.65. The second-order valence-corrected chi connectivity index (χ2v) is 7.59. The summed E-state index contributed by atoms with van der Waals surface area (Å²) in [5, 5.41) is 14.5. The molecule has 2 heterocycles. The van der Waals surface area contributed by atoms with Gasteiger partial charge in [-0.3, -0.25) is 9.67 Å². The highest BCUT2D eigenvalue weighted by Gasteiger charge is 2.38. The number of hydrogen-bond acceptors (Lipinski definition) is 5. The van der Waals surface area contributed by atoms with Crippen molar-refractivity contribution in [3.63, 3.8) is 0 Å². The third-order valence-corrected chi connectivity index (χ3v) is 5.65. The van der Waals surface area contributed by atoms with Gasteiger partial charge in [0.1, 0.15) is 5.75 Å². The van der Waals surface area contributed by atoms with Crippen LogP contribution in [0, 0.1) is 5.92 Å². The van der Waals surface area contributed by atoms with E-state index in [0.29, 0.717) is 5.92 Å². The van der Waals surface area contributed by atoms with Crippen LogP contribution in [0.4, 0.5) is 13.2 Å². The molecule has 1 aromatic carbocycles. The lowest BCUT2D eigenvalue weighted by Crippen LogP contribution is -2.46. The van der Waals surface area contributed by atoms with E-state index >= 15 is 0 Å². The molecule has 0 radical (unpaired) electrons. The minimum Gasteiger partial charge on any atom is -0.406 e. The van der Waals surface area contributed by atoms with Crippen molar-refractivity contribution < 1.29 is 23.0 Å². The van der Waals surface area contributed by atoms with E-state index in [1.54, 1.807) is 29.2 Å². The van der Waals surface area contributed by atoms with Crippen molar-refractivity contribution in [3.05, 3.63) is 53.9 Å². The maximum atomic E-state index is 12.5. The van der Waals surface area contributed by atoms with Crippen molar-refractivity contribution in [2.24, 2.45) is 18.0 Å². The number of aliphatic hydroxyl groups excluding tert-OH is 1. The maximum absolute atomic E-state index is 12.5. The number of aliphatic imine (C=N–C) groups is 1. The molecule has 2 atom stereocenters. The van der Waals surface area contributed by atoms with Gasteiger partial charge in [-0.25, -0.2) is 0 Å². The Kier molecular flexibility index (Phi) is 5.55. The lowest BCUT2D eigenvalue weighted by atomic mass is 9.78. The van der Waals surface area contributed by atoms with Gasteiger partial charge in [-0.05, 0) is 54.7 Å². The summed E-state index contributed by atoms with van der Waals surface area (Å²) in [5.41, 5.74) is 2.40. The van der Waals surface area contributed by atoms with Crippen LogP contribution >= 0.6 is 0 Å². The highest BCUT2D eigenvalue weighted by Crippen LogP contribution is 2.42. The van der Waals surface area contributed by atoms with Gasteiger partial charge in [0.05, 0.1) is 18.8 Å². The molecule has 1 aliphatic heterocycles. The number of hydrogen-bond donors (Lipinski definition) is 1. The molecule has 4 rings (SSSR count). The highest BCUT2D eigenvalue weighted by molar-refractivity contribution is 5.86. The van der Waals surface area contributed by atoms with Gasteiger partial charge in [-0.1, -0.05) is 6.42 Å². The Bertz CT molecular complexity index is 932. The minimum absolute atomic E-state index is 0.0381. The quantitative estimate of drug-likeness (QED) is 0.770. The van der Waals surface area contributed by atoms with E-state index in [1.165, 1.54) is 12.1 Å². The summed E-state index contributed by atoms with van der Waals surface area (Å²) in [7, 11) is 1.83. The molecule has 0 bridgehead atoms. The van der Waals surface area contributed by atoms with Crippen molar-refractivity contribution in [1.29, 1.82) is 0 Å². The number of benzene rings is 1. The molecule has 0 saturated heterocycles. The van der Waals surface area contributed by atoms with Crippen LogP contribution < -0.4 is 4.74 Å². The summed E-state index contributed by atoms with van der Waals surface area (Å²) in [6.45, 7) is -0.0381. The van der Waals surface area contributed by atoms with Crippen LogP contribution in [0.5, 0.6) is 5.75 Å². The van der Waals surface area contributed by atoms with E-state index in [4.69, 9.17) is 0 Å². The Labute approximate surface area is 172 Å². The topological polar surface area (TPSA) is 62.9 Å². The molecule has 9 heteroatoms. The Hall–Kier alpha value is -2.81. The molecular formula is C21H23F3N4O2. The molecule has 0 spiro atoms. The summed E-state index contributed by atoms with van der Waals surface area (Å²) in [4.78, 5) is 6.70. The monoisotopic (exact) mass is 420 g/mol. The van der Waals surface area contributed by atoms with Gasteiger partial charge in [-0.2, -0.15) is 5.10 Å². The third kappa shape index (κ3) is 4.21. The second-order valence-electron chi connectivity index (χ2n) is 7.59. The van der Waals surface area contributed by atoms with Crippen molar-refractivity contribution in [3.8, 4) is 5.75 Å². The standard InChI is InChI=1S/C21H23F3N4O2/c1-27-12-16(11-26-27)20-25-10-9-18(28(20)19(13-29)14-3-2-4-14)15-5-7-17(8-6-15)30-21(22,23)24/h5-12,14,19-20,29H,2-4,13H2,1H3. The Balaban J connectivity index is 1.69. The number of aromatic nitrogens is 2. The summed E-state index contributed by atoms with van der Waals surface area (Å²) < 4.78 is 43.2. The fourth-order valence-corrected chi connectivity index (χ4v) is 4.03. The average Bonchev–Trinajstić information content (AvgIpc) is 3.09. The van der Waals surface area contributed by atoms with Gasteiger partial charge in [0.15, 0.2) is 6.17 Å². The molecule has 0 amide bonds.